The molecule has 2 aliphatic rings. The number of phenols is 1. The fraction of sp³-hybridized carbons (Fsp3) is 0.222. The van der Waals surface area contributed by atoms with Crippen LogP contribution in [0.4, 0.5) is 0 Å². The van der Waals surface area contributed by atoms with E-state index in [1.54, 1.807) is 6.07 Å². The summed E-state index contributed by atoms with van der Waals surface area (Å²) >= 11 is 0. The molecule has 2 aliphatic carbocycles. The zero-order valence-electron chi connectivity index (χ0n) is 10.8. The first-order valence-electron chi connectivity index (χ1n) is 6.97. The number of hydrogen-bond acceptors (Lipinski definition) is 1. The summed E-state index contributed by atoms with van der Waals surface area (Å²) in [5.74, 6) is 0.355. The van der Waals surface area contributed by atoms with Crippen LogP contribution in [-0.2, 0) is 12.8 Å². The standard InChI is InChI=1S/C18H16O/c19-14-8-5-13-7-9-16-15-4-2-1-3-12(15)6-10-17(16)18(13)11-14/h4-6,8-11,19H,1-3,7H2. The maximum Gasteiger partial charge on any atom is 0.116 e. The zero-order chi connectivity index (χ0) is 12.8. The molecule has 0 amide bonds. The molecule has 0 aliphatic heterocycles. The average molecular weight is 248 g/mol. The largest absolute Gasteiger partial charge is 0.508 e. The van der Waals surface area contributed by atoms with Crippen LogP contribution in [0.25, 0.3) is 23.3 Å². The molecule has 1 heteroatoms. The van der Waals surface area contributed by atoms with Crippen LogP contribution in [0.3, 0.4) is 0 Å². The second-order valence-corrected chi connectivity index (χ2v) is 5.45. The van der Waals surface area contributed by atoms with E-state index in [0.29, 0.717) is 5.75 Å². The molecule has 2 aromatic carbocycles. The van der Waals surface area contributed by atoms with Crippen LogP contribution in [0.15, 0.2) is 30.3 Å². The fourth-order valence-corrected chi connectivity index (χ4v) is 3.34. The predicted octanol–water partition coefficient (Wildman–Crippen LogP) is 2.51. The molecule has 2 aromatic rings. The Morgan fingerprint density at radius 3 is 2.68 bits per heavy atom. The summed E-state index contributed by atoms with van der Waals surface area (Å²) in [7, 11) is 0. The number of phenolic OH excluding ortho intramolecular Hbond substituents is 1. The first-order chi connectivity index (χ1) is 9.33. The average Bonchev–Trinajstić information content (AvgIpc) is 2.46. The van der Waals surface area contributed by atoms with Gasteiger partial charge in [0.05, 0.1) is 0 Å². The molecule has 0 heterocycles. The highest BCUT2D eigenvalue weighted by Gasteiger charge is 2.14. The van der Waals surface area contributed by atoms with Gasteiger partial charge in [-0.15, -0.1) is 0 Å². The Labute approximate surface area is 112 Å². The lowest BCUT2D eigenvalue weighted by Crippen LogP contribution is -2.33. The number of aromatic hydroxyl groups is 1. The molecule has 1 nitrogen and oxygen atoms in total. The maximum absolute atomic E-state index is 9.73. The lowest BCUT2D eigenvalue weighted by molar-refractivity contribution is 0.475. The Bertz CT molecular complexity index is 784. The summed E-state index contributed by atoms with van der Waals surface area (Å²) in [5.41, 5.74) is 5.25. The molecule has 94 valence electrons. The van der Waals surface area contributed by atoms with Gasteiger partial charge in [0, 0.05) is 0 Å². The van der Waals surface area contributed by atoms with Crippen molar-refractivity contribution in [3.63, 3.8) is 0 Å². The van der Waals surface area contributed by atoms with Crippen LogP contribution in [-0.4, -0.2) is 5.11 Å². The predicted molar refractivity (Wildman–Crippen MR) is 78.4 cm³/mol. The van der Waals surface area contributed by atoms with Crippen molar-refractivity contribution >= 4 is 12.2 Å². The van der Waals surface area contributed by atoms with Gasteiger partial charge in [0.1, 0.15) is 5.75 Å². The van der Waals surface area contributed by atoms with Gasteiger partial charge in [-0.3, -0.25) is 0 Å². The fourth-order valence-electron chi connectivity index (χ4n) is 3.34. The topological polar surface area (TPSA) is 20.2 Å². The molecule has 0 aromatic heterocycles. The molecule has 0 atom stereocenters. The van der Waals surface area contributed by atoms with Gasteiger partial charge < -0.3 is 5.11 Å². The summed E-state index contributed by atoms with van der Waals surface area (Å²) in [6.07, 6.45) is 9.33. The summed E-state index contributed by atoms with van der Waals surface area (Å²) in [6, 6.07) is 10.2. The number of aryl methyl sites for hydroxylation is 1. The molecule has 19 heavy (non-hydrogen) atoms. The lowest BCUT2D eigenvalue weighted by Gasteiger charge is -2.18. The van der Waals surface area contributed by atoms with Crippen LogP contribution in [0, 0.1) is 0 Å². The first-order valence-corrected chi connectivity index (χ1v) is 6.97. The van der Waals surface area contributed by atoms with Crippen molar-refractivity contribution in [3.05, 3.63) is 51.9 Å². The van der Waals surface area contributed by atoms with Gasteiger partial charge >= 0.3 is 0 Å². The zero-order valence-corrected chi connectivity index (χ0v) is 10.8. The summed E-state index contributed by atoms with van der Waals surface area (Å²) in [4.78, 5) is 0. The Kier molecular flexibility index (Phi) is 2.28. The van der Waals surface area contributed by atoms with Gasteiger partial charge in [-0.1, -0.05) is 30.4 Å². The van der Waals surface area contributed by atoms with Gasteiger partial charge in [-0.05, 0) is 70.5 Å². The Morgan fingerprint density at radius 2 is 1.74 bits per heavy atom. The Balaban J connectivity index is 2.07. The monoisotopic (exact) mass is 248 g/mol. The van der Waals surface area contributed by atoms with E-state index in [2.05, 4.69) is 24.3 Å². The minimum atomic E-state index is 0.355. The van der Waals surface area contributed by atoms with Crippen LogP contribution in [0.1, 0.15) is 24.0 Å². The molecular weight excluding hydrogens is 232 g/mol. The summed E-state index contributed by atoms with van der Waals surface area (Å²) < 4.78 is 0. The molecule has 0 saturated carbocycles. The van der Waals surface area contributed by atoms with E-state index in [1.165, 1.54) is 52.0 Å². The van der Waals surface area contributed by atoms with Crippen LogP contribution in [0.5, 0.6) is 5.75 Å². The minimum Gasteiger partial charge on any atom is -0.508 e. The second-order valence-electron chi connectivity index (χ2n) is 5.45. The highest BCUT2D eigenvalue weighted by molar-refractivity contribution is 5.75. The van der Waals surface area contributed by atoms with Gasteiger partial charge in [-0.25, -0.2) is 0 Å². The van der Waals surface area contributed by atoms with Crippen molar-refractivity contribution in [3.8, 4) is 16.9 Å². The van der Waals surface area contributed by atoms with E-state index in [4.69, 9.17) is 0 Å². The van der Waals surface area contributed by atoms with Crippen molar-refractivity contribution in [1.29, 1.82) is 0 Å². The highest BCUT2D eigenvalue weighted by Crippen LogP contribution is 2.28. The smallest absolute Gasteiger partial charge is 0.116 e. The van der Waals surface area contributed by atoms with Gasteiger partial charge in [0.2, 0.25) is 0 Å². The quantitative estimate of drug-likeness (QED) is 0.759. The molecular formula is C18H16O. The second kappa shape index (κ2) is 3.99. The number of benzene rings is 2. The van der Waals surface area contributed by atoms with Gasteiger partial charge in [0.15, 0.2) is 0 Å². The van der Waals surface area contributed by atoms with Crippen LogP contribution >= 0.6 is 0 Å². The van der Waals surface area contributed by atoms with E-state index < -0.39 is 0 Å². The number of fused-ring (bicyclic) bond motifs is 5. The molecule has 0 radical (unpaired) electrons. The summed E-state index contributed by atoms with van der Waals surface area (Å²) in [5, 5.41) is 12.5. The van der Waals surface area contributed by atoms with E-state index in [9.17, 15) is 5.11 Å². The normalized spacial score (nSPS) is 15.6. The molecule has 0 spiro atoms. The molecule has 0 saturated heterocycles. The third kappa shape index (κ3) is 1.61. The molecule has 0 unspecified atom stereocenters. The Morgan fingerprint density at radius 1 is 0.842 bits per heavy atom. The van der Waals surface area contributed by atoms with E-state index in [1.807, 2.05) is 12.1 Å². The van der Waals surface area contributed by atoms with E-state index >= 15 is 0 Å². The van der Waals surface area contributed by atoms with Crippen molar-refractivity contribution < 1.29 is 5.11 Å². The van der Waals surface area contributed by atoms with Gasteiger partial charge in [-0.2, -0.15) is 0 Å². The van der Waals surface area contributed by atoms with Crippen molar-refractivity contribution in [2.75, 3.05) is 0 Å². The first kappa shape index (κ1) is 10.9. The number of rotatable bonds is 0. The maximum atomic E-state index is 9.73. The van der Waals surface area contributed by atoms with Crippen LogP contribution < -0.4 is 10.4 Å². The van der Waals surface area contributed by atoms with Gasteiger partial charge in [0.25, 0.3) is 0 Å². The molecule has 0 fully saturated rings. The van der Waals surface area contributed by atoms with Crippen LogP contribution in [0.2, 0.25) is 0 Å². The lowest BCUT2D eigenvalue weighted by atomic mass is 9.87. The SMILES string of the molecule is Oc1ccc2c(c1)-c1ccc3c(c1=CC2)=CCCC3. The molecule has 4 rings (SSSR count). The molecule has 1 N–H and O–H groups in total. The third-order valence-electron chi connectivity index (χ3n) is 4.29. The van der Waals surface area contributed by atoms with E-state index in [-0.39, 0.29) is 0 Å². The van der Waals surface area contributed by atoms with E-state index in [0.717, 1.165) is 6.42 Å². The highest BCUT2D eigenvalue weighted by atomic mass is 16.3. The molecule has 0 bridgehead atoms. The third-order valence-corrected chi connectivity index (χ3v) is 4.29. The van der Waals surface area contributed by atoms with Crippen molar-refractivity contribution in [2.24, 2.45) is 0 Å². The van der Waals surface area contributed by atoms with Crippen molar-refractivity contribution in [2.45, 2.75) is 25.7 Å². The number of hydrogen-bond donors (Lipinski definition) is 1. The minimum absolute atomic E-state index is 0.355. The Hall–Kier alpha value is -2.02. The van der Waals surface area contributed by atoms with Crippen molar-refractivity contribution in [1.82, 2.24) is 0 Å². The summed E-state index contributed by atoms with van der Waals surface area (Å²) in [6.45, 7) is 0.